The van der Waals surface area contributed by atoms with Crippen molar-refractivity contribution in [1.29, 1.82) is 0 Å². The first-order valence-corrected chi connectivity index (χ1v) is 7.49. The summed E-state index contributed by atoms with van der Waals surface area (Å²) < 4.78 is 0. The van der Waals surface area contributed by atoms with Gasteiger partial charge in [0.15, 0.2) is 0 Å². The average molecular weight is 253 g/mol. The zero-order valence-electron chi connectivity index (χ0n) is 11.6. The first-order chi connectivity index (χ1) is 8.76. The SMILES string of the molecule is CCC1CCCCN1C1CCCN(C(=O)CN)C1. The topological polar surface area (TPSA) is 49.6 Å². The van der Waals surface area contributed by atoms with Gasteiger partial charge in [0.1, 0.15) is 0 Å². The normalized spacial score (nSPS) is 30.4. The fourth-order valence-electron chi connectivity index (χ4n) is 3.52. The van der Waals surface area contributed by atoms with Crippen LogP contribution in [0.3, 0.4) is 0 Å². The fourth-order valence-corrected chi connectivity index (χ4v) is 3.52. The highest BCUT2D eigenvalue weighted by Crippen LogP contribution is 2.26. The molecule has 0 spiro atoms. The Balaban J connectivity index is 1.96. The van der Waals surface area contributed by atoms with Gasteiger partial charge in [0.05, 0.1) is 6.54 Å². The molecule has 2 atom stereocenters. The predicted octanol–water partition coefficient (Wildman–Crippen LogP) is 1.20. The quantitative estimate of drug-likeness (QED) is 0.822. The second kappa shape index (κ2) is 6.53. The number of rotatable bonds is 3. The molecule has 0 aromatic carbocycles. The lowest BCUT2D eigenvalue weighted by Gasteiger charge is -2.45. The zero-order chi connectivity index (χ0) is 13.0. The van der Waals surface area contributed by atoms with Gasteiger partial charge >= 0.3 is 0 Å². The molecule has 0 aliphatic carbocycles. The summed E-state index contributed by atoms with van der Waals surface area (Å²) in [6.07, 6.45) is 7.62. The van der Waals surface area contributed by atoms with E-state index in [9.17, 15) is 4.79 Å². The van der Waals surface area contributed by atoms with Gasteiger partial charge < -0.3 is 10.6 Å². The Hall–Kier alpha value is -0.610. The van der Waals surface area contributed by atoms with Crippen molar-refractivity contribution in [3.8, 4) is 0 Å². The molecule has 0 bridgehead atoms. The maximum absolute atomic E-state index is 11.7. The Morgan fingerprint density at radius 3 is 2.78 bits per heavy atom. The van der Waals surface area contributed by atoms with Crippen LogP contribution in [-0.2, 0) is 4.79 Å². The Morgan fingerprint density at radius 1 is 1.22 bits per heavy atom. The van der Waals surface area contributed by atoms with Crippen LogP contribution in [0.4, 0.5) is 0 Å². The van der Waals surface area contributed by atoms with Gasteiger partial charge in [-0.05, 0) is 38.6 Å². The maximum atomic E-state index is 11.7. The van der Waals surface area contributed by atoms with Crippen molar-refractivity contribution in [2.75, 3.05) is 26.2 Å². The lowest BCUT2D eigenvalue weighted by atomic mass is 9.94. The minimum atomic E-state index is 0.116. The Morgan fingerprint density at radius 2 is 2.06 bits per heavy atom. The summed E-state index contributed by atoms with van der Waals surface area (Å²) >= 11 is 0. The Bertz CT molecular complexity index is 282. The van der Waals surface area contributed by atoms with E-state index in [1.807, 2.05) is 4.90 Å². The van der Waals surface area contributed by atoms with Crippen LogP contribution in [0.2, 0.25) is 0 Å². The van der Waals surface area contributed by atoms with Crippen molar-refractivity contribution in [2.45, 2.75) is 57.5 Å². The van der Waals surface area contributed by atoms with E-state index in [2.05, 4.69) is 11.8 Å². The molecule has 2 unspecified atom stereocenters. The van der Waals surface area contributed by atoms with E-state index in [0.717, 1.165) is 25.6 Å². The lowest BCUT2D eigenvalue weighted by Crippen LogP contribution is -2.55. The van der Waals surface area contributed by atoms with Gasteiger partial charge in [-0.15, -0.1) is 0 Å². The molecule has 0 radical (unpaired) electrons. The van der Waals surface area contributed by atoms with E-state index in [1.54, 1.807) is 0 Å². The highest BCUT2D eigenvalue weighted by atomic mass is 16.2. The highest BCUT2D eigenvalue weighted by molar-refractivity contribution is 5.78. The molecule has 104 valence electrons. The molecular weight excluding hydrogens is 226 g/mol. The van der Waals surface area contributed by atoms with Crippen LogP contribution in [-0.4, -0.2) is 54.0 Å². The molecule has 2 rings (SSSR count). The summed E-state index contributed by atoms with van der Waals surface area (Å²) in [7, 11) is 0. The van der Waals surface area contributed by atoms with Crippen LogP contribution in [0.25, 0.3) is 0 Å². The molecule has 0 aromatic heterocycles. The Kier molecular flexibility index (Phi) is 5.01. The van der Waals surface area contributed by atoms with Gasteiger partial charge in [-0.3, -0.25) is 9.69 Å². The van der Waals surface area contributed by atoms with Crippen LogP contribution >= 0.6 is 0 Å². The number of hydrogen-bond donors (Lipinski definition) is 1. The van der Waals surface area contributed by atoms with E-state index in [4.69, 9.17) is 5.73 Å². The summed E-state index contributed by atoms with van der Waals surface area (Å²) in [5.41, 5.74) is 5.48. The van der Waals surface area contributed by atoms with E-state index in [0.29, 0.717) is 6.04 Å². The molecule has 2 heterocycles. The predicted molar refractivity (Wildman–Crippen MR) is 73.3 cm³/mol. The summed E-state index contributed by atoms with van der Waals surface area (Å²) in [6.45, 7) is 5.45. The number of piperidine rings is 2. The second-order valence-electron chi connectivity index (χ2n) is 5.64. The minimum Gasteiger partial charge on any atom is -0.340 e. The third-order valence-electron chi connectivity index (χ3n) is 4.54. The average Bonchev–Trinajstić information content (AvgIpc) is 2.46. The molecule has 4 nitrogen and oxygen atoms in total. The van der Waals surface area contributed by atoms with Gasteiger partial charge in [-0.25, -0.2) is 0 Å². The molecular formula is C14H27N3O. The summed E-state index contributed by atoms with van der Waals surface area (Å²) in [6, 6.07) is 1.30. The fraction of sp³-hybridized carbons (Fsp3) is 0.929. The monoisotopic (exact) mass is 253 g/mol. The number of nitrogens with zero attached hydrogens (tertiary/aromatic N) is 2. The van der Waals surface area contributed by atoms with Gasteiger partial charge in [-0.2, -0.15) is 0 Å². The van der Waals surface area contributed by atoms with E-state index in [-0.39, 0.29) is 12.5 Å². The standard InChI is InChI=1S/C14H27N3O/c1-2-12-6-3-4-9-17(12)13-7-5-8-16(11-13)14(18)10-15/h12-13H,2-11,15H2,1H3. The van der Waals surface area contributed by atoms with Crippen molar-refractivity contribution < 1.29 is 4.79 Å². The van der Waals surface area contributed by atoms with E-state index in [1.165, 1.54) is 38.6 Å². The molecule has 1 amide bonds. The molecule has 2 fully saturated rings. The second-order valence-corrected chi connectivity index (χ2v) is 5.64. The van der Waals surface area contributed by atoms with Crippen molar-refractivity contribution in [3.05, 3.63) is 0 Å². The van der Waals surface area contributed by atoms with Crippen molar-refractivity contribution in [3.63, 3.8) is 0 Å². The Labute approximate surface area is 110 Å². The maximum Gasteiger partial charge on any atom is 0.236 e. The molecule has 2 aliphatic heterocycles. The molecule has 4 heteroatoms. The molecule has 0 aromatic rings. The van der Waals surface area contributed by atoms with Crippen LogP contribution in [0.1, 0.15) is 45.4 Å². The summed E-state index contributed by atoms with van der Waals surface area (Å²) in [5, 5.41) is 0. The molecule has 2 N–H and O–H groups in total. The van der Waals surface area contributed by atoms with Crippen LogP contribution in [0, 0.1) is 0 Å². The zero-order valence-corrected chi connectivity index (χ0v) is 11.6. The number of carbonyl (C=O) groups excluding carboxylic acids is 1. The minimum absolute atomic E-state index is 0.116. The lowest BCUT2D eigenvalue weighted by molar-refractivity contribution is -0.132. The largest absolute Gasteiger partial charge is 0.340 e. The van der Waals surface area contributed by atoms with Crippen LogP contribution < -0.4 is 5.73 Å². The highest BCUT2D eigenvalue weighted by Gasteiger charge is 2.31. The number of amides is 1. The molecule has 2 saturated heterocycles. The van der Waals surface area contributed by atoms with Gasteiger partial charge in [0.2, 0.25) is 5.91 Å². The third kappa shape index (κ3) is 3.04. The van der Waals surface area contributed by atoms with E-state index >= 15 is 0 Å². The number of nitrogens with two attached hydrogens (primary N) is 1. The van der Waals surface area contributed by atoms with Crippen LogP contribution in [0.15, 0.2) is 0 Å². The number of hydrogen-bond acceptors (Lipinski definition) is 3. The first-order valence-electron chi connectivity index (χ1n) is 7.49. The number of likely N-dealkylation sites (tertiary alicyclic amines) is 2. The van der Waals surface area contributed by atoms with Gasteiger partial charge in [0, 0.05) is 25.2 Å². The van der Waals surface area contributed by atoms with Crippen molar-refractivity contribution in [2.24, 2.45) is 5.73 Å². The van der Waals surface area contributed by atoms with Gasteiger partial charge in [0.25, 0.3) is 0 Å². The third-order valence-corrected chi connectivity index (χ3v) is 4.54. The smallest absolute Gasteiger partial charge is 0.236 e. The van der Waals surface area contributed by atoms with Gasteiger partial charge in [-0.1, -0.05) is 13.3 Å². The summed E-state index contributed by atoms with van der Waals surface area (Å²) in [5.74, 6) is 0.116. The molecule has 0 saturated carbocycles. The van der Waals surface area contributed by atoms with Crippen molar-refractivity contribution >= 4 is 5.91 Å². The molecule has 18 heavy (non-hydrogen) atoms. The van der Waals surface area contributed by atoms with Crippen molar-refractivity contribution in [1.82, 2.24) is 9.80 Å². The van der Waals surface area contributed by atoms with Crippen LogP contribution in [0.5, 0.6) is 0 Å². The summed E-state index contributed by atoms with van der Waals surface area (Å²) in [4.78, 5) is 16.4. The number of carbonyl (C=O) groups is 1. The van der Waals surface area contributed by atoms with E-state index < -0.39 is 0 Å². The molecule has 2 aliphatic rings. The first kappa shape index (κ1) is 13.8.